The Morgan fingerprint density at radius 3 is 2.59 bits per heavy atom. The first-order valence-electron chi connectivity index (χ1n) is 5.07. The van der Waals surface area contributed by atoms with Crippen molar-refractivity contribution in [3.8, 4) is 0 Å². The number of nitrogens with zero attached hydrogens (tertiary/aromatic N) is 2. The summed E-state index contributed by atoms with van der Waals surface area (Å²) in [6, 6.07) is 7.33. The summed E-state index contributed by atoms with van der Waals surface area (Å²) in [6.07, 6.45) is 0. The molecule has 0 unspecified atom stereocenters. The number of hydrogen-bond donors (Lipinski definition) is 2. The third-order valence-electron chi connectivity index (χ3n) is 2.12. The number of carbonyl (C=O) groups is 1. The molecule has 0 aliphatic rings. The number of hydrogen-bond acceptors (Lipinski definition) is 4. The minimum Gasteiger partial charge on any atom is -0.311 e. The van der Waals surface area contributed by atoms with Crippen LogP contribution in [0.5, 0.6) is 0 Å². The van der Waals surface area contributed by atoms with Crippen LogP contribution in [0.15, 0.2) is 24.3 Å². The molecule has 2 aromatic rings. The Morgan fingerprint density at radius 1 is 1.29 bits per heavy atom. The molecule has 2 rings (SSSR count). The Kier molecular flexibility index (Phi) is 3.51. The molecule has 1 amide bonds. The number of amides is 1. The highest BCUT2D eigenvalue weighted by Crippen LogP contribution is 2.20. The normalized spacial score (nSPS) is 10.5. The van der Waals surface area contributed by atoms with Crippen molar-refractivity contribution in [2.24, 2.45) is 0 Å². The number of anilines is 1. The number of carbonyl (C=O) groups excluding carboxylic acids is 1. The molecular formula is C11H11ClN4O. The number of para-hydroxylation sites is 2. The highest BCUT2D eigenvalue weighted by Gasteiger charge is 2.09. The zero-order valence-electron chi connectivity index (χ0n) is 9.20. The molecule has 0 aliphatic heterocycles. The zero-order valence-corrected chi connectivity index (χ0v) is 9.95. The van der Waals surface area contributed by atoms with E-state index in [1.807, 2.05) is 24.3 Å². The molecular weight excluding hydrogens is 240 g/mol. The van der Waals surface area contributed by atoms with Gasteiger partial charge < -0.3 is 10.6 Å². The van der Waals surface area contributed by atoms with Gasteiger partial charge in [0.1, 0.15) is 0 Å². The van der Waals surface area contributed by atoms with E-state index >= 15 is 0 Å². The van der Waals surface area contributed by atoms with Crippen molar-refractivity contribution < 1.29 is 4.79 Å². The SMILES string of the molecule is CNCC(=O)Nc1nc2ccccc2nc1Cl. The number of benzene rings is 1. The molecule has 1 aromatic heterocycles. The van der Waals surface area contributed by atoms with Gasteiger partial charge in [0.25, 0.3) is 0 Å². The standard InChI is InChI=1S/C11H11ClN4O/c1-13-6-9(17)16-11-10(12)14-7-4-2-3-5-8(7)15-11/h2-5,13H,6H2,1H3,(H,15,16,17). The Bertz CT molecular complexity index is 558. The third kappa shape index (κ3) is 2.69. The molecule has 2 N–H and O–H groups in total. The van der Waals surface area contributed by atoms with Gasteiger partial charge in [0.05, 0.1) is 17.6 Å². The second-order valence-electron chi connectivity index (χ2n) is 3.43. The van der Waals surface area contributed by atoms with E-state index in [9.17, 15) is 4.79 Å². The average molecular weight is 251 g/mol. The summed E-state index contributed by atoms with van der Waals surface area (Å²) in [7, 11) is 1.69. The Balaban J connectivity index is 2.34. The molecule has 0 radical (unpaired) electrons. The number of likely N-dealkylation sites (N-methyl/N-ethyl adjacent to an activating group) is 1. The molecule has 1 aromatic carbocycles. The summed E-state index contributed by atoms with van der Waals surface area (Å²) in [5.41, 5.74) is 1.39. The van der Waals surface area contributed by atoms with Crippen molar-refractivity contribution in [1.82, 2.24) is 15.3 Å². The van der Waals surface area contributed by atoms with Gasteiger partial charge in [-0.1, -0.05) is 23.7 Å². The van der Waals surface area contributed by atoms with Crippen LogP contribution in [0.2, 0.25) is 5.15 Å². The van der Waals surface area contributed by atoms with Crippen LogP contribution < -0.4 is 10.6 Å². The van der Waals surface area contributed by atoms with Gasteiger partial charge in [-0.3, -0.25) is 4.79 Å². The highest BCUT2D eigenvalue weighted by molar-refractivity contribution is 6.32. The van der Waals surface area contributed by atoms with Crippen LogP contribution >= 0.6 is 11.6 Å². The van der Waals surface area contributed by atoms with Crippen LogP contribution in [-0.2, 0) is 4.79 Å². The maximum Gasteiger partial charge on any atom is 0.239 e. The first kappa shape index (κ1) is 11.8. The number of halogens is 1. The van der Waals surface area contributed by atoms with E-state index in [2.05, 4.69) is 20.6 Å². The maximum atomic E-state index is 11.4. The van der Waals surface area contributed by atoms with Gasteiger partial charge in [0, 0.05) is 0 Å². The lowest BCUT2D eigenvalue weighted by Gasteiger charge is -2.06. The van der Waals surface area contributed by atoms with Gasteiger partial charge in [-0.15, -0.1) is 0 Å². The lowest BCUT2D eigenvalue weighted by Crippen LogP contribution is -2.25. The van der Waals surface area contributed by atoms with Gasteiger partial charge in [-0.2, -0.15) is 0 Å². The lowest BCUT2D eigenvalue weighted by atomic mass is 10.3. The second-order valence-corrected chi connectivity index (χ2v) is 3.79. The summed E-state index contributed by atoms with van der Waals surface area (Å²) < 4.78 is 0. The maximum absolute atomic E-state index is 11.4. The smallest absolute Gasteiger partial charge is 0.239 e. The molecule has 6 heteroatoms. The molecule has 0 aliphatic carbocycles. The van der Waals surface area contributed by atoms with E-state index in [0.717, 1.165) is 0 Å². The molecule has 88 valence electrons. The third-order valence-corrected chi connectivity index (χ3v) is 2.39. The van der Waals surface area contributed by atoms with Crippen molar-refractivity contribution in [1.29, 1.82) is 0 Å². The fraction of sp³-hybridized carbons (Fsp3) is 0.182. The molecule has 0 atom stereocenters. The second kappa shape index (κ2) is 5.07. The van der Waals surface area contributed by atoms with Crippen LogP contribution in [0, 0.1) is 0 Å². The summed E-state index contributed by atoms with van der Waals surface area (Å²) in [5, 5.41) is 5.53. The van der Waals surface area contributed by atoms with Crippen molar-refractivity contribution in [3.05, 3.63) is 29.4 Å². The first-order chi connectivity index (χ1) is 8.20. The van der Waals surface area contributed by atoms with Gasteiger partial charge in [-0.05, 0) is 19.2 Å². The summed E-state index contributed by atoms with van der Waals surface area (Å²) in [4.78, 5) is 19.8. The lowest BCUT2D eigenvalue weighted by molar-refractivity contribution is -0.115. The Hall–Kier alpha value is -1.72. The fourth-order valence-electron chi connectivity index (χ4n) is 1.39. The van der Waals surface area contributed by atoms with Gasteiger partial charge in [0.2, 0.25) is 5.91 Å². The summed E-state index contributed by atoms with van der Waals surface area (Å²) in [6.45, 7) is 0.199. The molecule has 0 spiro atoms. The van der Waals surface area contributed by atoms with E-state index in [0.29, 0.717) is 11.0 Å². The van der Waals surface area contributed by atoms with Gasteiger partial charge >= 0.3 is 0 Å². The van der Waals surface area contributed by atoms with Crippen LogP contribution in [0.4, 0.5) is 5.82 Å². The van der Waals surface area contributed by atoms with Crippen LogP contribution in [-0.4, -0.2) is 29.5 Å². The van der Waals surface area contributed by atoms with Crippen LogP contribution in [0.3, 0.4) is 0 Å². The molecule has 0 saturated heterocycles. The molecule has 0 saturated carbocycles. The van der Waals surface area contributed by atoms with E-state index in [1.54, 1.807) is 7.05 Å². The van der Waals surface area contributed by atoms with Crippen molar-refractivity contribution in [2.75, 3.05) is 18.9 Å². The molecule has 5 nitrogen and oxygen atoms in total. The monoisotopic (exact) mass is 250 g/mol. The number of rotatable bonds is 3. The molecule has 0 bridgehead atoms. The van der Waals surface area contributed by atoms with Gasteiger partial charge in [-0.25, -0.2) is 9.97 Å². The van der Waals surface area contributed by atoms with Crippen LogP contribution in [0.1, 0.15) is 0 Å². The quantitative estimate of drug-likeness (QED) is 0.865. The molecule has 1 heterocycles. The highest BCUT2D eigenvalue weighted by atomic mass is 35.5. The topological polar surface area (TPSA) is 66.9 Å². The fourth-order valence-corrected chi connectivity index (χ4v) is 1.58. The number of aromatic nitrogens is 2. The van der Waals surface area contributed by atoms with Crippen LogP contribution in [0.25, 0.3) is 11.0 Å². The molecule has 17 heavy (non-hydrogen) atoms. The largest absolute Gasteiger partial charge is 0.311 e. The average Bonchev–Trinajstić information content (AvgIpc) is 2.30. The zero-order chi connectivity index (χ0) is 12.3. The van der Waals surface area contributed by atoms with Crippen molar-refractivity contribution in [3.63, 3.8) is 0 Å². The minimum atomic E-state index is -0.209. The predicted octanol–water partition coefficient (Wildman–Crippen LogP) is 1.44. The van der Waals surface area contributed by atoms with Crippen molar-refractivity contribution in [2.45, 2.75) is 0 Å². The summed E-state index contributed by atoms with van der Waals surface area (Å²) >= 11 is 5.94. The predicted molar refractivity (Wildman–Crippen MR) is 67.1 cm³/mol. The van der Waals surface area contributed by atoms with E-state index in [1.165, 1.54) is 0 Å². The minimum absolute atomic E-state index is 0.188. The van der Waals surface area contributed by atoms with E-state index in [-0.39, 0.29) is 23.4 Å². The summed E-state index contributed by atoms with van der Waals surface area (Å²) in [5.74, 6) is 0.0737. The Labute approximate surface area is 103 Å². The molecule has 0 fully saturated rings. The number of nitrogens with one attached hydrogen (secondary N) is 2. The Morgan fingerprint density at radius 2 is 1.94 bits per heavy atom. The van der Waals surface area contributed by atoms with E-state index < -0.39 is 0 Å². The van der Waals surface area contributed by atoms with Gasteiger partial charge in [0.15, 0.2) is 11.0 Å². The van der Waals surface area contributed by atoms with Crippen molar-refractivity contribution >= 4 is 34.4 Å². The number of fused-ring (bicyclic) bond motifs is 1. The van der Waals surface area contributed by atoms with E-state index in [4.69, 9.17) is 11.6 Å². The first-order valence-corrected chi connectivity index (χ1v) is 5.45.